The lowest BCUT2D eigenvalue weighted by Crippen LogP contribution is -2.26. The van der Waals surface area contributed by atoms with Gasteiger partial charge in [-0.15, -0.1) is 0 Å². The number of aromatic nitrogens is 1. The summed E-state index contributed by atoms with van der Waals surface area (Å²) in [6.45, 7) is 0.491. The van der Waals surface area contributed by atoms with Gasteiger partial charge in [0.05, 0.1) is 11.6 Å². The summed E-state index contributed by atoms with van der Waals surface area (Å²) in [6, 6.07) is 7.73. The molecule has 0 saturated carbocycles. The van der Waals surface area contributed by atoms with Gasteiger partial charge in [0, 0.05) is 24.5 Å². The first-order valence-corrected chi connectivity index (χ1v) is 7.70. The molecule has 0 fully saturated rings. The van der Waals surface area contributed by atoms with E-state index >= 15 is 0 Å². The van der Waals surface area contributed by atoms with Crippen molar-refractivity contribution >= 4 is 17.5 Å². The number of rotatable bonds is 4. The number of nitrogens with zero attached hydrogens (tertiary/aromatic N) is 3. The fourth-order valence-electron chi connectivity index (χ4n) is 2.30. The SMILES string of the molecule is O=C(NCc1ccc(F)c(Cl)c1)C1=CC(c2ccncc2)N=NC1. The molecular weight excluding hydrogens is 331 g/mol. The summed E-state index contributed by atoms with van der Waals surface area (Å²) in [7, 11) is 0. The highest BCUT2D eigenvalue weighted by molar-refractivity contribution is 6.30. The van der Waals surface area contributed by atoms with E-state index in [9.17, 15) is 9.18 Å². The quantitative estimate of drug-likeness (QED) is 0.920. The van der Waals surface area contributed by atoms with Gasteiger partial charge in [0.25, 0.3) is 0 Å². The summed E-state index contributed by atoms with van der Waals surface area (Å²) < 4.78 is 13.1. The van der Waals surface area contributed by atoms with Crippen LogP contribution in [0.5, 0.6) is 0 Å². The Morgan fingerprint density at radius 3 is 2.83 bits per heavy atom. The monoisotopic (exact) mass is 344 g/mol. The second-order valence-corrected chi connectivity index (χ2v) is 5.67. The van der Waals surface area contributed by atoms with Crippen LogP contribution in [0.25, 0.3) is 0 Å². The maximum Gasteiger partial charge on any atom is 0.249 e. The van der Waals surface area contributed by atoms with E-state index in [0.717, 1.165) is 11.1 Å². The normalized spacial score (nSPS) is 16.6. The van der Waals surface area contributed by atoms with E-state index < -0.39 is 5.82 Å². The van der Waals surface area contributed by atoms with E-state index in [0.29, 0.717) is 5.57 Å². The second kappa shape index (κ2) is 7.31. The Bertz CT molecular complexity index is 807. The molecule has 0 aliphatic carbocycles. The van der Waals surface area contributed by atoms with Crippen molar-refractivity contribution in [2.24, 2.45) is 10.2 Å². The van der Waals surface area contributed by atoms with Crippen LogP contribution in [0.15, 0.2) is 64.6 Å². The molecule has 24 heavy (non-hydrogen) atoms. The number of pyridine rings is 1. The predicted octanol–water partition coefficient (Wildman–Crippen LogP) is 3.62. The first kappa shape index (κ1) is 16.3. The van der Waals surface area contributed by atoms with Crippen molar-refractivity contribution in [3.05, 3.63) is 76.3 Å². The Balaban J connectivity index is 1.66. The predicted molar refractivity (Wildman–Crippen MR) is 88.0 cm³/mol. The minimum Gasteiger partial charge on any atom is -0.348 e. The number of hydrogen-bond acceptors (Lipinski definition) is 4. The van der Waals surface area contributed by atoms with Crippen LogP contribution in [0.2, 0.25) is 5.02 Å². The van der Waals surface area contributed by atoms with Crippen molar-refractivity contribution in [1.29, 1.82) is 0 Å². The van der Waals surface area contributed by atoms with E-state index in [2.05, 4.69) is 20.5 Å². The zero-order valence-corrected chi connectivity index (χ0v) is 13.4. The number of hydrogen-bond donors (Lipinski definition) is 1. The van der Waals surface area contributed by atoms with E-state index in [4.69, 9.17) is 11.6 Å². The third-order valence-corrected chi connectivity index (χ3v) is 3.87. The number of azo groups is 1. The fourth-order valence-corrected chi connectivity index (χ4v) is 2.50. The van der Waals surface area contributed by atoms with Crippen LogP contribution in [0.3, 0.4) is 0 Å². The Morgan fingerprint density at radius 1 is 1.29 bits per heavy atom. The van der Waals surface area contributed by atoms with E-state index in [1.54, 1.807) is 24.5 Å². The van der Waals surface area contributed by atoms with Crippen molar-refractivity contribution in [1.82, 2.24) is 10.3 Å². The third-order valence-electron chi connectivity index (χ3n) is 3.58. The van der Waals surface area contributed by atoms with Crippen LogP contribution in [-0.4, -0.2) is 17.4 Å². The molecular formula is C17H14ClFN4O. The number of halogens is 2. The number of benzene rings is 1. The summed E-state index contributed by atoms with van der Waals surface area (Å²) in [6.07, 6.45) is 5.13. The van der Waals surface area contributed by atoms with Crippen LogP contribution in [0.4, 0.5) is 4.39 Å². The average molecular weight is 345 g/mol. The van der Waals surface area contributed by atoms with E-state index in [1.165, 1.54) is 12.1 Å². The molecule has 7 heteroatoms. The molecule has 1 amide bonds. The van der Waals surface area contributed by atoms with Gasteiger partial charge in [-0.1, -0.05) is 17.7 Å². The minimum atomic E-state index is -0.484. The number of nitrogens with one attached hydrogen (secondary N) is 1. The molecule has 1 N–H and O–H groups in total. The molecule has 122 valence electrons. The molecule has 0 spiro atoms. The molecule has 1 aromatic heterocycles. The lowest BCUT2D eigenvalue weighted by molar-refractivity contribution is -0.117. The maximum atomic E-state index is 13.1. The van der Waals surface area contributed by atoms with E-state index in [1.807, 2.05) is 12.1 Å². The van der Waals surface area contributed by atoms with Gasteiger partial charge in [-0.2, -0.15) is 10.2 Å². The van der Waals surface area contributed by atoms with Gasteiger partial charge in [-0.05, 0) is 41.5 Å². The molecule has 2 aromatic rings. The lowest BCUT2D eigenvalue weighted by atomic mass is 10.0. The van der Waals surface area contributed by atoms with Crippen LogP contribution < -0.4 is 5.32 Å². The molecule has 5 nitrogen and oxygen atoms in total. The first-order valence-electron chi connectivity index (χ1n) is 7.33. The lowest BCUT2D eigenvalue weighted by Gasteiger charge is -2.15. The standard InChI is InChI=1S/C17H14ClFN4O/c18-14-7-11(1-2-15(14)19)9-21-17(24)13-8-16(23-22-10-13)12-3-5-20-6-4-12/h1-8,16H,9-10H2,(H,21,24). The largest absolute Gasteiger partial charge is 0.348 e. The van der Waals surface area contributed by atoms with Crippen molar-refractivity contribution in [3.8, 4) is 0 Å². The van der Waals surface area contributed by atoms with Crippen LogP contribution in [0, 0.1) is 5.82 Å². The Morgan fingerprint density at radius 2 is 2.08 bits per heavy atom. The zero-order valence-electron chi connectivity index (χ0n) is 12.6. The van der Waals surface area contributed by atoms with Gasteiger partial charge < -0.3 is 5.32 Å². The smallest absolute Gasteiger partial charge is 0.249 e. The van der Waals surface area contributed by atoms with Gasteiger partial charge in [0.15, 0.2) is 0 Å². The highest BCUT2D eigenvalue weighted by Crippen LogP contribution is 2.24. The topological polar surface area (TPSA) is 66.7 Å². The summed E-state index contributed by atoms with van der Waals surface area (Å²) in [5.41, 5.74) is 2.18. The average Bonchev–Trinajstić information content (AvgIpc) is 2.63. The zero-order chi connectivity index (χ0) is 16.9. The summed E-state index contributed by atoms with van der Waals surface area (Å²) in [5, 5.41) is 11.0. The van der Waals surface area contributed by atoms with Gasteiger partial charge in [0.1, 0.15) is 11.9 Å². The summed E-state index contributed by atoms with van der Waals surface area (Å²) >= 11 is 5.73. The van der Waals surface area contributed by atoms with Crippen LogP contribution in [0.1, 0.15) is 17.2 Å². The highest BCUT2D eigenvalue weighted by Gasteiger charge is 2.17. The molecule has 1 unspecified atom stereocenters. The number of amides is 1. The number of carbonyl (C=O) groups is 1. The van der Waals surface area contributed by atoms with Crippen molar-refractivity contribution in [2.45, 2.75) is 12.6 Å². The fraction of sp³-hybridized carbons (Fsp3) is 0.176. The van der Waals surface area contributed by atoms with Crippen molar-refractivity contribution in [2.75, 3.05) is 6.54 Å². The molecule has 0 radical (unpaired) electrons. The van der Waals surface area contributed by atoms with Gasteiger partial charge in [0.2, 0.25) is 5.91 Å². The Labute approximate surface area is 143 Å². The second-order valence-electron chi connectivity index (χ2n) is 5.26. The van der Waals surface area contributed by atoms with E-state index in [-0.39, 0.29) is 30.1 Å². The molecule has 1 aromatic carbocycles. The van der Waals surface area contributed by atoms with Gasteiger partial charge in [-0.25, -0.2) is 4.39 Å². The maximum absolute atomic E-state index is 13.1. The minimum absolute atomic E-state index is 0.0326. The Hall–Kier alpha value is -2.60. The molecule has 0 saturated heterocycles. The van der Waals surface area contributed by atoms with Crippen LogP contribution >= 0.6 is 11.6 Å². The third kappa shape index (κ3) is 3.83. The number of carbonyl (C=O) groups excluding carboxylic acids is 1. The first-order chi connectivity index (χ1) is 11.6. The molecule has 2 heterocycles. The molecule has 3 rings (SSSR count). The van der Waals surface area contributed by atoms with Crippen molar-refractivity contribution < 1.29 is 9.18 Å². The molecule has 0 bridgehead atoms. The van der Waals surface area contributed by atoms with Gasteiger partial charge >= 0.3 is 0 Å². The Kier molecular flexibility index (Phi) is 4.96. The summed E-state index contributed by atoms with van der Waals surface area (Å²) in [4.78, 5) is 16.3. The van der Waals surface area contributed by atoms with Crippen LogP contribution in [-0.2, 0) is 11.3 Å². The summed E-state index contributed by atoms with van der Waals surface area (Å²) in [5.74, 6) is -0.713. The molecule has 1 atom stereocenters. The van der Waals surface area contributed by atoms with Crippen molar-refractivity contribution in [3.63, 3.8) is 0 Å². The molecule has 1 aliphatic rings. The molecule has 1 aliphatic heterocycles. The van der Waals surface area contributed by atoms with Gasteiger partial charge in [-0.3, -0.25) is 9.78 Å². The highest BCUT2D eigenvalue weighted by atomic mass is 35.5.